The summed E-state index contributed by atoms with van der Waals surface area (Å²) in [6.45, 7) is 1.89. The van der Waals surface area contributed by atoms with Gasteiger partial charge in [-0.3, -0.25) is 0 Å². The van der Waals surface area contributed by atoms with Gasteiger partial charge in [0.15, 0.2) is 0 Å². The Labute approximate surface area is 156 Å². The van der Waals surface area contributed by atoms with Gasteiger partial charge in [-0.05, 0) is 37.3 Å². The molecule has 0 unspecified atom stereocenters. The maximum atomic E-state index is 6.04. The molecule has 2 aromatic carbocycles. The number of halogens is 2. The Morgan fingerprint density at radius 3 is 2.36 bits per heavy atom. The van der Waals surface area contributed by atoms with E-state index in [2.05, 4.69) is 20.6 Å². The largest absolute Gasteiger partial charge is 0.495 e. The minimum Gasteiger partial charge on any atom is -0.495 e. The Kier molecular flexibility index (Phi) is 5.26. The van der Waals surface area contributed by atoms with Crippen molar-refractivity contribution in [2.45, 2.75) is 6.92 Å². The van der Waals surface area contributed by atoms with Crippen LogP contribution in [0.25, 0.3) is 0 Å². The van der Waals surface area contributed by atoms with Gasteiger partial charge in [0.2, 0.25) is 5.95 Å². The molecule has 128 valence electrons. The molecular formula is C18H16Cl2N4O. The Bertz CT molecular complexity index is 882. The summed E-state index contributed by atoms with van der Waals surface area (Å²) in [7, 11) is 1.62. The van der Waals surface area contributed by atoms with Crippen molar-refractivity contribution in [1.82, 2.24) is 9.97 Å². The molecule has 0 amide bonds. The van der Waals surface area contributed by atoms with E-state index in [9.17, 15) is 0 Å². The van der Waals surface area contributed by atoms with Crippen LogP contribution in [0, 0.1) is 6.92 Å². The Morgan fingerprint density at radius 2 is 1.64 bits per heavy atom. The van der Waals surface area contributed by atoms with Crippen LogP contribution in [0.1, 0.15) is 5.69 Å². The van der Waals surface area contributed by atoms with Gasteiger partial charge < -0.3 is 15.4 Å². The molecular weight excluding hydrogens is 359 g/mol. The summed E-state index contributed by atoms with van der Waals surface area (Å²) in [5.74, 6) is 1.80. The third-order valence-corrected chi connectivity index (χ3v) is 3.78. The number of nitrogens with zero attached hydrogens (tertiary/aromatic N) is 2. The zero-order chi connectivity index (χ0) is 17.8. The van der Waals surface area contributed by atoms with Crippen LogP contribution in [0.15, 0.2) is 48.5 Å². The highest BCUT2D eigenvalue weighted by Crippen LogP contribution is 2.28. The second-order valence-electron chi connectivity index (χ2n) is 5.33. The van der Waals surface area contributed by atoms with Crippen LogP contribution >= 0.6 is 23.2 Å². The predicted molar refractivity (Wildman–Crippen MR) is 103 cm³/mol. The number of hydrogen-bond acceptors (Lipinski definition) is 5. The number of nitrogens with one attached hydrogen (secondary N) is 2. The second kappa shape index (κ2) is 7.59. The average Bonchev–Trinajstić information content (AvgIpc) is 2.53. The van der Waals surface area contributed by atoms with Gasteiger partial charge in [0.05, 0.1) is 12.8 Å². The lowest BCUT2D eigenvalue weighted by molar-refractivity contribution is 0.417. The molecule has 0 radical (unpaired) electrons. The van der Waals surface area contributed by atoms with Gasteiger partial charge in [0.25, 0.3) is 0 Å². The minimum absolute atomic E-state index is 0.458. The van der Waals surface area contributed by atoms with Crippen molar-refractivity contribution in [2.24, 2.45) is 0 Å². The van der Waals surface area contributed by atoms with Crippen molar-refractivity contribution in [2.75, 3.05) is 17.7 Å². The maximum absolute atomic E-state index is 6.04. The number of aromatic nitrogens is 2. The van der Waals surface area contributed by atoms with Gasteiger partial charge in [-0.15, -0.1) is 0 Å². The molecule has 3 rings (SSSR count). The van der Waals surface area contributed by atoms with Gasteiger partial charge in [0.1, 0.15) is 11.6 Å². The van der Waals surface area contributed by atoms with E-state index < -0.39 is 0 Å². The zero-order valence-corrected chi connectivity index (χ0v) is 15.2. The van der Waals surface area contributed by atoms with Crippen LogP contribution in [-0.4, -0.2) is 17.1 Å². The molecule has 0 aliphatic carbocycles. The van der Waals surface area contributed by atoms with E-state index in [0.29, 0.717) is 27.6 Å². The number of hydrogen-bond donors (Lipinski definition) is 2. The highest BCUT2D eigenvalue weighted by atomic mass is 35.5. The first-order valence-electron chi connectivity index (χ1n) is 7.52. The highest BCUT2D eigenvalue weighted by molar-refractivity contribution is 6.35. The number of benzene rings is 2. The summed E-state index contributed by atoms with van der Waals surface area (Å²) in [6, 6.07) is 14.6. The summed E-state index contributed by atoms with van der Waals surface area (Å²) < 4.78 is 5.34. The third-order valence-electron chi connectivity index (χ3n) is 3.34. The summed E-state index contributed by atoms with van der Waals surface area (Å²) >= 11 is 12.1. The van der Waals surface area contributed by atoms with Gasteiger partial charge in [-0.1, -0.05) is 35.3 Å². The van der Waals surface area contributed by atoms with E-state index in [1.54, 1.807) is 25.3 Å². The molecule has 0 atom stereocenters. The van der Waals surface area contributed by atoms with Gasteiger partial charge in [0, 0.05) is 27.5 Å². The van der Waals surface area contributed by atoms with Crippen molar-refractivity contribution < 1.29 is 4.74 Å². The van der Waals surface area contributed by atoms with E-state index in [1.807, 2.05) is 37.3 Å². The molecule has 0 saturated carbocycles. The van der Waals surface area contributed by atoms with Crippen molar-refractivity contribution in [3.05, 3.63) is 64.3 Å². The van der Waals surface area contributed by atoms with E-state index >= 15 is 0 Å². The molecule has 5 nitrogen and oxygen atoms in total. The first-order chi connectivity index (χ1) is 12.0. The Hall–Kier alpha value is -2.50. The summed E-state index contributed by atoms with van der Waals surface area (Å²) in [5, 5.41) is 7.46. The first-order valence-corrected chi connectivity index (χ1v) is 8.28. The standard InChI is InChI=1S/C18H16Cl2N4O/c1-11-7-17(22-14-9-12(19)8-13(20)10-14)24-18(21-11)23-15-5-3-4-6-16(15)25-2/h3-10H,1-2H3,(H2,21,22,23,24). The molecule has 1 heterocycles. The average molecular weight is 375 g/mol. The van der Waals surface area contributed by atoms with Crippen LogP contribution < -0.4 is 15.4 Å². The molecule has 3 aromatic rings. The monoisotopic (exact) mass is 374 g/mol. The van der Waals surface area contributed by atoms with Crippen LogP contribution in [0.3, 0.4) is 0 Å². The molecule has 0 aliphatic rings. The fraction of sp³-hybridized carbons (Fsp3) is 0.111. The van der Waals surface area contributed by atoms with Gasteiger partial charge >= 0.3 is 0 Å². The highest BCUT2D eigenvalue weighted by Gasteiger charge is 2.07. The van der Waals surface area contributed by atoms with Crippen LogP contribution in [0.4, 0.5) is 23.1 Å². The van der Waals surface area contributed by atoms with Crippen molar-refractivity contribution >= 4 is 46.3 Å². The molecule has 25 heavy (non-hydrogen) atoms. The lowest BCUT2D eigenvalue weighted by atomic mass is 10.3. The topological polar surface area (TPSA) is 59.1 Å². The molecule has 0 saturated heterocycles. The number of rotatable bonds is 5. The first kappa shape index (κ1) is 17.3. The lowest BCUT2D eigenvalue weighted by Crippen LogP contribution is -2.03. The zero-order valence-electron chi connectivity index (χ0n) is 13.7. The maximum Gasteiger partial charge on any atom is 0.229 e. The van der Waals surface area contributed by atoms with Crippen LogP contribution in [-0.2, 0) is 0 Å². The molecule has 7 heteroatoms. The minimum atomic E-state index is 0.458. The number of anilines is 4. The van der Waals surface area contributed by atoms with Gasteiger partial charge in [-0.2, -0.15) is 4.98 Å². The van der Waals surface area contributed by atoms with E-state index in [4.69, 9.17) is 27.9 Å². The number of para-hydroxylation sites is 2. The molecule has 0 aliphatic heterocycles. The van der Waals surface area contributed by atoms with Gasteiger partial charge in [-0.25, -0.2) is 4.98 Å². The van der Waals surface area contributed by atoms with Crippen LogP contribution in [0.2, 0.25) is 10.0 Å². The van der Waals surface area contributed by atoms with Crippen molar-refractivity contribution in [3.63, 3.8) is 0 Å². The SMILES string of the molecule is COc1ccccc1Nc1nc(C)cc(Nc2cc(Cl)cc(Cl)c2)n1. The normalized spacial score (nSPS) is 10.4. The van der Waals surface area contributed by atoms with E-state index in [1.165, 1.54) is 0 Å². The fourth-order valence-corrected chi connectivity index (χ4v) is 2.86. The molecule has 0 bridgehead atoms. The summed E-state index contributed by atoms with van der Waals surface area (Å²) in [6.07, 6.45) is 0. The second-order valence-corrected chi connectivity index (χ2v) is 6.20. The van der Waals surface area contributed by atoms with Crippen molar-refractivity contribution in [1.29, 1.82) is 0 Å². The molecule has 1 aromatic heterocycles. The fourth-order valence-electron chi connectivity index (χ4n) is 2.33. The lowest BCUT2D eigenvalue weighted by Gasteiger charge is -2.12. The number of methoxy groups -OCH3 is 1. The predicted octanol–water partition coefficient (Wildman–Crippen LogP) is 5.59. The van der Waals surface area contributed by atoms with Crippen molar-refractivity contribution in [3.8, 4) is 5.75 Å². The van der Waals surface area contributed by atoms with E-state index in [0.717, 1.165) is 17.1 Å². The Balaban J connectivity index is 1.87. The molecule has 0 spiro atoms. The quantitative estimate of drug-likeness (QED) is 0.609. The third kappa shape index (κ3) is 4.53. The Morgan fingerprint density at radius 1 is 0.920 bits per heavy atom. The number of aryl methyl sites for hydroxylation is 1. The molecule has 0 fully saturated rings. The smallest absolute Gasteiger partial charge is 0.229 e. The van der Waals surface area contributed by atoms with Crippen LogP contribution in [0.5, 0.6) is 5.75 Å². The summed E-state index contributed by atoms with van der Waals surface area (Å²) in [4.78, 5) is 8.90. The van der Waals surface area contributed by atoms with E-state index in [-0.39, 0.29) is 0 Å². The number of ether oxygens (including phenoxy) is 1. The molecule has 2 N–H and O–H groups in total. The summed E-state index contributed by atoms with van der Waals surface area (Å²) in [5.41, 5.74) is 2.34.